The van der Waals surface area contributed by atoms with Crippen LogP contribution in [0.25, 0.3) is 0 Å². The van der Waals surface area contributed by atoms with Gasteiger partial charge in [0.15, 0.2) is 6.29 Å². The van der Waals surface area contributed by atoms with Gasteiger partial charge in [-0.1, -0.05) is 65.5 Å². The molecule has 0 aromatic rings. The molecule has 0 spiro atoms. The van der Waals surface area contributed by atoms with Crippen LogP contribution in [-0.2, 0) is 9.47 Å². The van der Waals surface area contributed by atoms with Crippen LogP contribution in [0, 0.1) is 46.3 Å². The molecule has 0 amide bonds. The summed E-state index contributed by atoms with van der Waals surface area (Å²) >= 11 is 0. The number of hydrogen-bond acceptors (Lipinski definition) is 5. The molecule has 5 rings (SSSR count). The van der Waals surface area contributed by atoms with E-state index in [1.54, 1.807) is 5.57 Å². The summed E-state index contributed by atoms with van der Waals surface area (Å²) in [6.45, 7) is 12.5. The van der Waals surface area contributed by atoms with Crippen molar-refractivity contribution in [2.24, 2.45) is 46.3 Å². The fourth-order valence-electron chi connectivity index (χ4n) is 9.86. The number of allylic oxidation sites excluding steroid dienone is 1. The Morgan fingerprint density at radius 2 is 1.76 bits per heavy atom. The minimum absolute atomic E-state index is 0.00271. The summed E-state index contributed by atoms with van der Waals surface area (Å²) in [5.74, 6) is 5.02. The van der Waals surface area contributed by atoms with Crippen LogP contribution in [0.15, 0.2) is 11.6 Å². The van der Waals surface area contributed by atoms with Crippen LogP contribution in [0.4, 0.5) is 0 Å². The van der Waals surface area contributed by atoms with Gasteiger partial charge in [-0.2, -0.15) is 0 Å². The highest BCUT2D eigenvalue weighted by Gasteiger charge is 2.59. The van der Waals surface area contributed by atoms with Gasteiger partial charge in [-0.15, -0.1) is 0 Å². The molecule has 0 aromatic carbocycles. The number of hydrogen-bond donors (Lipinski definition) is 3. The molecule has 5 heteroatoms. The first-order valence-electron chi connectivity index (χ1n) is 15.6. The molecule has 4 fully saturated rings. The summed E-state index contributed by atoms with van der Waals surface area (Å²) in [4.78, 5) is 0. The van der Waals surface area contributed by atoms with Crippen LogP contribution >= 0.6 is 0 Å². The Morgan fingerprint density at radius 1 is 0.973 bits per heavy atom. The quantitative estimate of drug-likeness (QED) is 0.368. The van der Waals surface area contributed by atoms with Gasteiger partial charge in [-0.25, -0.2) is 0 Å². The molecule has 5 nitrogen and oxygen atoms in total. The van der Waals surface area contributed by atoms with Gasteiger partial charge in [-0.3, -0.25) is 0 Å². The third-order valence-corrected chi connectivity index (χ3v) is 12.0. The molecule has 3 saturated carbocycles. The molecular weight excluding hydrogens is 464 g/mol. The van der Waals surface area contributed by atoms with Crippen molar-refractivity contribution >= 4 is 0 Å². The number of aliphatic hydroxyl groups excluding tert-OH is 3. The Hall–Kier alpha value is -0.460. The van der Waals surface area contributed by atoms with E-state index in [1.807, 2.05) is 0 Å². The molecule has 0 aromatic heterocycles. The smallest absolute Gasteiger partial charge is 0.186 e. The summed E-state index contributed by atoms with van der Waals surface area (Å²) < 4.78 is 11.7. The lowest BCUT2D eigenvalue weighted by Crippen LogP contribution is -2.55. The van der Waals surface area contributed by atoms with E-state index in [4.69, 9.17) is 9.47 Å². The zero-order chi connectivity index (χ0) is 26.5. The first-order chi connectivity index (χ1) is 17.5. The van der Waals surface area contributed by atoms with Crippen molar-refractivity contribution in [3.63, 3.8) is 0 Å². The highest BCUT2D eigenvalue weighted by atomic mass is 16.7. The first-order valence-corrected chi connectivity index (χ1v) is 15.6. The maximum Gasteiger partial charge on any atom is 0.186 e. The van der Waals surface area contributed by atoms with Crippen molar-refractivity contribution in [3.8, 4) is 0 Å². The topological polar surface area (TPSA) is 79.2 Å². The molecule has 3 N–H and O–H groups in total. The molecule has 1 saturated heterocycles. The van der Waals surface area contributed by atoms with E-state index in [9.17, 15) is 15.3 Å². The average molecular weight is 519 g/mol. The van der Waals surface area contributed by atoms with Crippen molar-refractivity contribution in [1.29, 1.82) is 0 Å². The Morgan fingerprint density at radius 3 is 2.51 bits per heavy atom. The van der Waals surface area contributed by atoms with Gasteiger partial charge in [-0.05, 0) is 97.7 Å². The van der Waals surface area contributed by atoms with Crippen LogP contribution in [0.5, 0.6) is 0 Å². The van der Waals surface area contributed by atoms with Gasteiger partial charge in [0, 0.05) is 0 Å². The van der Waals surface area contributed by atoms with Crippen LogP contribution in [-0.4, -0.2) is 52.6 Å². The van der Waals surface area contributed by atoms with Gasteiger partial charge >= 0.3 is 0 Å². The van der Waals surface area contributed by atoms with Crippen molar-refractivity contribution < 1.29 is 24.8 Å². The van der Waals surface area contributed by atoms with Crippen LogP contribution < -0.4 is 0 Å². The van der Waals surface area contributed by atoms with Crippen LogP contribution in [0.3, 0.4) is 0 Å². The average Bonchev–Trinajstić information content (AvgIpc) is 3.21. The van der Waals surface area contributed by atoms with E-state index < -0.39 is 24.6 Å². The number of rotatable bonds is 7. The van der Waals surface area contributed by atoms with E-state index >= 15 is 0 Å². The number of aliphatic hydroxyl groups is 3. The molecule has 0 radical (unpaired) electrons. The molecule has 4 aliphatic carbocycles. The minimum atomic E-state index is -1.22. The lowest BCUT2D eigenvalue weighted by molar-refractivity contribution is -0.284. The second-order valence-corrected chi connectivity index (χ2v) is 14.5. The first kappa shape index (κ1) is 28.1. The maximum atomic E-state index is 10.3. The van der Waals surface area contributed by atoms with Gasteiger partial charge in [0.25, 0.3) is 0 Å². The van der Waals surface area contributed by atoms with Crippen molar-refractivity contribution in [2.75, 3.05) is 6.61 Å². The highest BCUT2D eigenvalue weighted by Crippen LogP contribution is 2.67. The standard InChI is InChI=1S/C32H54O5/c1-19(2)7-6-8-20(3)24-11-12-25-23-10-9-21-17-22(37-30-29(35)28(34)27(33)18-36-30)13-15-31(21,4)26(23)14-16-32(24,25)5/h9,19-20,22-30,33-35H,6-8,10-18H2,1-5H3/t20?,22-,23-,24+,25-,26-,27+,28-,29+,30-,31-,32+/m0/s1. The van der Waals surface area contributed by atoms with Crippen LogP contribution in [0.2, 0.25) is 0 Å². The monoisotopic (exact) mass is 518 g/mol. The molecule has 12 atom stereocenters. The van der Waals surface area contributed by atoms with Gasteiger partial charge in [0.1, 0.15) is 18.3 Å². The predicted octanol–water partition coefficient (Wildman–Crippen LogP) is 5.85. The molecule has 1 heterocycles. The van der Waals surface area contributed by atoms with E-state index in [-0.39, 0.29) is 18.1 Å². The second-order valence-electron chi connectivity index (χ2n) is 14.5. The minimum Gasteiger partial charge on any atom is -0.388 e. The zero-order valence-corrected chi connectivity index (χ0v) is 24.1. The summed E-state index contributed by atoms with van der Waals surface area (Å²) in [5.41, 5.74) is 2.32. The summed E-state index contributed by atoms with van der Waals surface area (Å²) in [7, 11) is 0. The molecule has 37 heavy (non-hydrogen) atoms. The third kappa shape index (κ3) is 5.10. The fourth-order valence-corrected chi connectivity index (χ4v) is 9.86. The van der Waals surface area contributed by atoms with E-state index in [1.165, 1.54) is 51.4 Å². The summed E-state index contributed by atoms with van der Waals surface area (Å²) in [6.07, 6.45) is 12.2. The molecule has 5 aliphatic rings. The van der Waals surface area contributed by atoms with Gasteiger partial charge < -0.3 is 24.8 Å². The fraction of sp³-hybridized carbons (Fsp3) is 0.938. The van der Waals surface area contributed by atoms with Gasteiger partial charge in [0.05, 0.1) is 12.7 Å². The predicted molar refractivity (Wildman–Crippen MR) is 146 cm³/mol. The van der Waals surface area contributed by atoms with E-state index in [0.717, 1.165) is 54.8 Å². The van der Waals surface area contributed by atoms with E-state index in [0.29, 0.717) is 5.41 Å². The molecule has 1 unspecified atom stereocenters. The van der Waals surface area contributed by atoms with Gasteiger partial charge in [0.2, 0.25) is 0 Å². The number of fused-ring (bicyclic) bond motifs is 5. The zero-order valence-electron chi connectivity index (χ0n) is 24.1. The van der Waals surface area contributed by atoms with Crippen molar-refractivity contribution in [3.05, 3.63) is 11.6 Å². The van der Waals surface area contributed by atoms with E-state index in [2.05, 4.69) is 40.7 Å². The Balaban J connectivity index is 1.24. The molecule has 1 aliphatic heterocycles. The summed E-state index contributed by atoms with van der Waals surface area (Å²) in [5, 5.41) is 30.1. The largest absolute Gasteiger partial charge is 0.388 e. The summed E-state index contributed by atoms with van der Waals surface area (Å²) in [6, 6.07) is 0. The van der Waals surface area contributed by atoms with Crippen molar-refractivity contribution in [1.82, 2.24) is 0 Å². The SMILES string of the molecule is CC(C)CCCC(C)[C@H]1CC[C@H]2[C@@H]3CC=C4C[C@@H](O[C@@H]5OC[C@@H](O)[C@H](O)[C@H]5O)CC[C@]4(C)[C@H]3CC[C@]12C. The Bertz CT molecular complexity index is 826. The highest BCUT2D eigenvalue weighted by molar-refractivity contribution is 5.25. The molecule has 212 valence electrons. The number of ether oxygens (including phenoxy) is 2. The van der Waals surface area contributed by atoms with Crippen LogP contribution in [0.1, 0.15) is 105 Å². The normalized spacial score (nSPS) is 48.7. The lowest BCUT2D eigenvalue weighted by atomic mass is 9.47. The Labute approximate surface area is 225 Å². The molecule has 0 bridgehead atoms. The Kier molecular flexibility index (Phi) is 8.23. The lowest BCUT2D eigenvalue weighted by Gasteiger charge is -2.58. The van der Waals surface area contributed by atoms with Crippen molar-refractivity contribution in [2.45, 2.75) is 136 Å². The maximum absolute atomic E-state index is 10.3. The third-order valence-electron chi connectivity index (χ3n) is 12.0. The second kappa shape index (κ2) is 10.8. The molecular formula is C32H54O5.